The van der Waals surface area contributed by atoms with E-state index in [1.165, 1.54) is 5.39 Å². The molecular weight excluding hydrogens is 302 g/mol. The second-order valence-electron chi connectivity index (χ2n) is 5.45. The fraction of sp³-hybridized carbons (Fsp3) is 0.0526. The highest BCUT2D eigenvalue weighted by molar-refractivity contribution is 5.83. The first-order valence-corrected chi connectivity index (χ1v) is 7.60. The third kappa shape index (κ3) is 2.92. The molecule has 118 valence electrons. The number of ether oxygens (including phenoxy) is 1. The number of benzene rings is 3. The molecule has 24 heavy (non-hydrogen) atoms. The van der Waals surface area contributed by atoms with E-state index in [9.17, 15) is 5.11 Å². The highest BCUT2D eigenvalue weighted by Gasteiger charge is 2.07. The lowest BCUT2D eigenvalue weighted by molar-refractivity contribution is 0.297. The van der Waals surface area contributed by atoms with E-state index in [0.29, 0.717) is 18.3 Å². The van der Waals surface area contributed by atoms with Gasteiger partial charge in [0.1, 0.15) is 18.1 Å². The van der Waals surface area contributed by atoms with Gasteiger partial charge in [0, 0.05) is 5.56 Å². The number of aromatic nitrogens is 3. The lowest BCUT2D eigenvalue weighted by Crippen LogP contribution is -1.97. The Hall–Kier alpha value is -3.34. The second kappa shape index (κ2) is 6.04. The molecule has 1 heterocycles. The maximum absolute atomic E-state index is 9.33. The van der Waals surface area contributed by atoms with Crippen LogP contribution in [0, 0.1) is 0 Å². The predicted octanol–water partition coefficient (Wildman–Crippen LogP) is 3.91. The molecule has 0 aliphatic rings. The Morgan fingerprint density at radius 3 is 2.54 bits per heavy atom. The van der Waals surface area contributed by atoms with E-state index in [0.717, 1.165) is 16.7 Å². The molecule has 1 aromatic heterocycles. The normalized spacial score (nSPS) is 10.8. The van der Waals surface area contributed by atoms with Gasteiger partial charge >= 0.3 is 0 Å². The molecule has 0 saturated heterocycles. The Kier molecular flexibility index (Phi) is 3.59. The Morgan fingerprint density at radius 2 is 1.71 bits per heavy atom. The number of aromatic hydroxyl groups is 1. The van der Waals surface area contributed by atoms with Crippen molar-refractivity contribution in [3.63, 3.8) is 0 Å². The second-order valence-corrected chi connectivity index (χ2v) is 5.45. The van der Waals surface area contributed by atoms with Crippen molar-refractivity contribution in [3.8, 4) is 22.9 Å². The molecule has 2 N–H and O–H groups in total. The van der Waals surface area contributed by atoms with Crippen molar-refractivity contribution < 1.29 is 9.84 Å². The third-order valence-electron chi connectivity index (χ3n) is 3.75. The van der Waals surface area contributed by atoms with Crippen molar-refractivity contribution in [2.75, 3.05) is 0 Å². The van der Waals surface area contributed by atoms with E-state index in [-0.39, 0.29) is 5.75 Å². The number of aromatic amines is 1. The molecule has 0 radical (unpaired) electrons. The fourth-order valence-electron chi connectivity index (χ4n) is 2.51. The highest BCUT2D eigenvalue weighted by Crippen LogP contribution is 2.22. The minimum Gasteiger partial charge on any atom is -0.508 e. The first-order chi connectivity index (χ1) is 11.8. The summed E-state index contributed by atoms with van der Waals surface area (Å²) >= 11 is 0. The van der Waals surface area contributed by atoms with Crippen molar-refractivity contribution in [1.82, 2.24) is 15.2 Å². The van der Waals surface area contributed by atoms with Crippen LogP contribution < -0.4 is 4.74 Å². The van der Waals surface area contributed by atoms with Crippen molar-refractivity contribution in [3.05, 3.63) is 72.6 Å². The van der Waals surface area contributed by atoms with Gasteiger partial charge < -0.3 is 9.84 Å². The molecule has 4 aromatic rings. The molecule has 0 amide bonds. The van der Waals surface area contributed by atoms with E-state index in [1.54, 1.807) is 24.3 Å². The van der Waals surface area contributed by atoms with Crippen LogP contribution in [0.2, 0.25) is 0 Å². The molecule has 0 spiro atoms. The Labute approximate surface area is 138 Å². The van der Waals surface area contributed by atoms with Crippen LogP contribution in [0.25, 0.3) is 22.2 Å². The SMILES string of the molecule is Oc1ccc(-c2n[nH]c(COc3ccc4ccccc4c3)n2)cc1. The van der Waals surface area contributed by atoms with Crippen LogP contribution in [-0.4, -0.2) is 20.3 Å². The largest absolute Gasteiger partial charge is 0.508 e. The van der Waals surface area contributed by atoms with Gasteiger partial charge in [-0.1, -0.05) is 30.3 Å². The smallest absolute Gasteiger partial charge is 0.181 e. The monoisotopic (exact) mass is 317 g/mol. The molecule has 0 aliphatic heterocycles. The zero-order valence-corrected chi connectivity index (χ0v) is 12.8. The summed E-state index contributed by atoms with van der Waals surface area (Å²) in [6.07, 6.45) is 0. The molecule has 4 rings (SSSR count). The Balaban J connectivity index is 1.48. The summed E-state index contributed by atoms with van der Waals surface area (Å²) in [7, 11) is 0. The van der Waals surface area contributed by atoms with Gasteiger partial charge in [-0.25, -0.2) is 4.98 Å². The number of hydrogen-bond donors (Lipinski definition) is 2. The number of phenols is 1. The summed E-state index contributed by atoms with van der Waals surface area (Å²) in [4.78, 5) is 4.41. The van der Waals surface area contributed by atoms with Gasteiger partial charge in [0.05, 0.1) is 0 Å². The standard InChI is InChI=1S/C19H15N3O2/c23-16-8-5-14(6-9-16)19-20-18(21-22-19)12-24-17-10-7-13-3-1-2-4-15(13)11-17/h1-11,23H,12H2,(H,20,21,22). The van der Waals surface area contributed by atoms with Gasteiger partial charge in [-0.15, -0.1) is 0 Å². The van der Waals surface area contributed by atoms with Gasteiger partial charge in [0.25, 0.3) is 0 Å². The molecule has 0 bridgehead atoms. The van der Waals surface area contributed by atoms with Gasteiger partial charge in [0.2, 0.25) is 0 Å². The maximum atomic E-state index is 9.33. The van der Waals surface area contributed by atoms with Crippen molar-refractivity contribution in [2.45, 2.75) is 6.61 Å². The van der Waals surface area contributed by atoms with E-state index >= 15 is 0 Å². The summed E-state index contributed by atoms with van der Waals surface area (Å²) in [5.74, 6) is 2.23. The molecule has 0 unspecified atom stereocenters. The number of rotatable bonds is 4. The summed E-state index contributed by atoms with van der Waals surface area (Å²) in [6, 6.07) is 20.9. The topological polar surface area (TPSA) is 71.0 Å². The van der Waals surface area contributed by atoms with Gasteiger partial charge in [-0.05, 0) is 47.2 Å². The van der Waals surface area contributed by atoms with Gasteiger partial charge in [0.15, 0.2) is 11.6 Å². The number of hydrogen-bond acceptors (Lipinski definition) is 4. The van der Waals surface area contributed by atoms with E-state index in [1.807, 2.05) is 30.3 Å². The molecule has 5 nitrogen and oxygen atoms in total. The molecule has 0 fully saturated rings. The van der Waals surface area contributed by atoms with Crippen molar-refractivity contribution in [2.24, 2.45) is 0 Å². The Bertz CT molecular complexity index is 977. The van der Waals surface area contributed by atoms with E-state index in [4.69, 9.17) is 4.74 Å². The molecule has 0 saturated carbocycles. The average molecular weight is 317 g/mol. The Morgan fingerprint density at radius 1 is 0.917 bits per heavy atom. The average Bonchev–Trinajstić information content (AvgIpc) is 3.09. The molecule has 0 aliphatic carbocycles. The molecule has 3 aromatic carbocycles. The number of nitrogens with one attached hydrogen (secondary N) is 1. The van der Waals surface area contributed by atoms with Gasteiger partial charge in [-0.2, -0.15) is 5.10 Å². The first kappa shape index (κ1) is 14.3. The van der Waals surface area contributed by atoms with Crippen LogP contribution in [0.1, 0.15) is 5.82 Å². The lowest BCUT2D eigenvalue weighted by Gasteiger charge is -2.05. The predicted molar refractivity (Wildman–Crippen MR) is 91.8 cm³/mol. The van der Waals surface area contributed by atoms with Crippen LogP contribution in [0.3, 0.4) is 0 Å². The highest BCUT2D eigenvalue weighted by atomic mass is 16.5. The van der Waals surface area contributed by atoms with Crippen LogP contribution in [0.5, 0.6) is 11.5 Å². The number of fused-ring (bicyclic) bond motifs is 1. The number of nitrogens with zero attached hydrogens (tertiary/aromatic N) is 2. The summed E-state index contributed by atoms with van der Waals surface area (Å²) in [5.41, 5.74) is 0.834. The van der Waals surface area contributed by atoms with E-state index < -0.39 is 0 Å². The van der Waals surface area contributed by atoms with Crippen LogP contribution >= 0.6 is 0 Å². The summed E-state index contributed by atoms with van der Waals surface area (Å²) in [6.45, 7) is 0.309. The molecule has 0 atom stereocenters. The fourth-order valence-corrected chi connectivity index (χ4v) is 2.51. The van der Waals surface area contributed by atoms with Crippen LogP contribution in [0.4, 0.5) is 0 Å². The number of phenolic OH excluding ortho intramolecular Hbond substituents is 1. The maximum Gasteiger partial charge on any atom is 0.181 e. The van der Waals surface area contributed by atoms with E-state index in [2.05, 4.69) is 27.3 Å². The third-order valence-corrected chi connectivity index (χ3v) is 3.75. The summed E-state index contributed by atoms with van der Waals surface area (Å²) in [5, 5.41) is 18.7. The number of H-pyrrole nitrogens is 1. The minimum atomic E-state index is 0.217. The zero-order valence-electron chi connectivity index (χ0n) is 12.8. The van der Waals surface area contributed by atoms with Crippen LogP contribution in [0.15, 0.2) is 66.7 Å². The van der Waals surface area contributed by atoms with Crippen molar-refractivity contribution >= 4 is 10.8 Å². The summed E-state index contributed by atoms with van der Waals surface area (Å²) < 4.78 is 5.79. The molecular formula is C19H15N3O2. The molecule has 5 heteroatoms. The lowest BCUT2D eigenvalue weighted by atomic mass is 10.1. The van der Waals surface area contributed by atoms with Crippen molar-refractivity contribution in [1.29, 1.82) is 0 Å². The first-order valence-electron chi connectivity index (χ1n) is 7.60. The quantitative estimate of drug-likeness (QED) is 0.598. The van der Waals surface area contributed by atoms with Crippen LogP contribution in [-0.2, 0) is 6.61 Å². The minimum absolute atomic E-state index is 0.217. The van der Waals surface area contributed by atoms with Gasteiger partial charge in [-0.3, -0.25) is 5.10 Å². The zero-order chi connectivity index (χ0) is 16.4.